The number of nitrogens with one attached hydrogen (secondary N) is 1. The number of pyridine rings is 1. The van der Waals surface area contributed by atoms with Crippen molar-refractivity contribution in [2.24, 2.45) is 0 Å². The third-order valence-corrected chi connectivity index (χ3v) is 7.46. The number of halogens is 1. The maximum absolute atomic E-state index is 13.4. The minimum Gasteiger partial charge on any atom is -0.344 e. The van der Waals surface area contributed by atoms with Crippen molar-refractivity contribution >= 4 is 40.0 Å². The Morgan fingerprint density at radius 2 is 1.68 bits per heavy atom. The summed E-state index contributed by atoms with van der Waals surface area (Å²) in [5.74, 6) is 6.79. The number of hydrogen-bond donors (Lipinski definition) is 1. The molecule has 5 rings (SSSR count). The van der Waals surface area contributed by atoms with E-state index in [0.29, 0.717) is 16.9 Å². The lowest BCUT2D eigenvalue weighted by Gasteiger charge is -2.30. The van der Waals surface area contributed by atoms with E-state index in [-0.39, 0.29) is 16.6 Å². The number of carbonyl (C=O) groups is 2. The van der Waals surface area contributed by atoms with Crippen LogP contribution in [0.25, 0.3) is 10.9 Å². The molecule has 1 fully saturated rings. The average Bonchev–Trinajstić information content (AvgIpc) is 3.67. The minimum absolute atomic E-state index is 0.0474. The first-order valence-corrected chi connectivity index (χ1v) is 13.6. The van der Waals surface area contributed by atoms with Gasteiger partial charge in [0.1, 0.15) is 5.82 Å². The van der Waals surface area contributed by atoms with Crippen LogP contribution in [-0.2, 0) is 0 Å². The van der Waals surface area contributed by atoms with Gasteiger partial charge in [0.25, 0.3) is 5.91 Å². The number of anilines is 3. The number of likely N-dealkylation sites (tertiary alicyclic amines) is 1. The van der Waals surface area contributed by atoms with E-state index in [1.165, 1.54) is 17.4 Å². The van der Waals surface area contributed by atoms with Gasteiger partial charge in [-0.3, -0.25) is 14.3 Å². The Hall–Kier alpha value is -4.68. The van der Waals surface area contributed by atoms with Crippen molar-refractivity contribution in [1.29, 1.82) is 0 Å². The second kappa shape index (κ2) is 11.4. The van der Waals surface area contributed by atoms with E-state index < -0.39 is 6.03 Å². The van der Waals surface area contributed by atoms with E-state index in [1.807, 2.05) is 42.3 Å². The summed E-state index contributed by atoms with van der Waals surface area (Å²) in [6.45, 7) is 6.46. The molecular formula is C32H33FN6O2. The van der Waals surface area contributed by atoms with E-state index >= 15 is 0 Å². The van der Waals surface area contributed by atoms with Gasteiger partial charge in [0.2, 0.25) is 0 Å². The fraction of sp³-hybridized carbons (Fsp3) is 0.281. The van der Waals surface area contributed by atoms with Crippen molar-refractivity contribution in [3.05, 3.63) is 84.2 Å². The molecule has 0 unspecified atom stereocenters. The SMILES string of the molecule is CN(F)C(=O)n1ccc2cc(N(C)c3ccnc(NC(=O)c4ccc(C#CC(C)(C)N5CCCC5)cc4)c3)ccc21. The third kappa shape index (κ3) is 6.08. The van der Waals surface area contributed by atoms with Crippen molar-refractivity contribution < 1.29 is 14.1 Å². The predicted octanol–water partition coefficient (Wildman–Crippen LogP) is 6.07. The molecule has 3 heterocycles. The van der Waals surface area contributed by atoms with Crippen molar-refractivity contribution in [3.63, 3.8) is 0 Å². The third-order valence-electron chi connectivity index (χ3n) is 7.46. The number of carbonyl (C=O) groups excluding carboxylic acids is 2. The standard InChI is InChI=1S/C32H33FN6O2/c1-32(2,38-18-5-6-19-38)16-13-23-7-9-24(10-8-23)30(40)35-29-22-27(14-17-34-29)36(3)26-11-12-28-25(21-26)15-20-39(28)31(41)37(4)33/h7-12,14-15,17,20-22H,5-6,18-19H2,1-4H3,(H,34,35,40). The smallest absolute Gasteiger partial charge is 0.344 e. The van der Waals surface area contributed by atoms with E-state index in [9.17, 15) is 14.1 Å². The highest BCUT2D eigenvalue weighted by Crippen LogP contribution is 2.29. The van der Waals surface area contributed by atoms with Crippen LogP contribution in [0, 0.1) is 11.8 Å². The van der Waals surface area contributed by atoms with Gasteiger partial charge in [0.05, 0.1) is 11.1 Å². The first kappa shape index (κ1) is 27.9. The summed E-state index contributed by atoms with van der Waals surface area (Å²) in [5, 5.41) is 3.71. The van der Waals surface area contributed by atoms with Crippen molar-refractivity contribution in [3.8, 4) is 11.8 Å². The molecule has 0 radical (unpaired) electrons. The lowest BCUT2D eigenvalue weighted by molar-refractivity contribution is 0.0955. The highest BCUT2D eigenvalue weighted by atomic mass is 19.2. The quantitative estimate of drug-likeness (QED) is 0.240. The first-order chi connectivity index (χ1) is 19.6. The molecule has 1 aliphatic rings. The molecular weight excluding hydrogens is 519 g/mol. The summed E-state index contributed by atoms with van der Waals surface area (Å²) >= 11 is 0. The van der Waals surface area contributed by atoms with Gasteiger partial charge in [-0.2, -0.15) is 5.12 Å². The Balaban J connectivity index is 1.26. The van der Waals surface area contributed by atoms with Crippen LogP contribution in [-0.4, -0.2) is 64.2 Å². The summed E-state index contributed by atoms with van der Waals surface area (Å²) in [6, 6.07) is 17.4. The van der Waals surface area contributed by atoms with Crippen LogP contribution in [0.15, 0.2) is 73.1 Å². The topological polar surface area (TPSA) is 73.7 Å². The van der Waals surface area contributed by atoms with Gasteiger partial charge in [-0.25, -0.2) is 9.78 Å². The van der Waals surface area contributed by atoms with Crippen molar-refractivity contribution in [2.75, 3.05) is 37.4 Å². The maximum Gasteiger partial charge on any atom is 0.356 e. The van der Waals surface area contributed by atoms with Gasteiger partial charge in [-0.15, -0.1) is 0 Å². The molecule has 4 aromatic rings. The normalized spacial score (nSPS) is 13.5. The fourth-order valence-corrected chi connectivity index (χ4v) is 4.97. The number of hydrogen-bond acceptors (Lipinski definition) is 5. The van der Waals surface area contributed by atoms with Crippen molar-refractivity contribution in [2.45, 2.75) is 32.2 Å². The second-order valence-corrected chi connectivity index (χ2v) is 10.7. The minimum atomic E-state index is -0.764. The molecule has 1 saturated heterocycles. The molecule has 0 spiro atoms. The lowest BCUT2D eigenvalue weighted by atomic mass is 10.0. The summed E-state index contributed by atoms with van der Waals surface area (Å²) < 4.78 is 14.7. The van der Waals surface area contributed by atoms with Crippen LogP contribution in [0.2, 0.25) is 0 Å². The molecule has 2 amide bonds. The van der Waals surface area contributed by atoms with Gasteiger partial charge in [-0.1, -0.05) is 16.3 Å². The van der Waals surface area contributed by atoms with Gasteiger partial charge in [0, 0.05) is 60.4 Å². The van der Waals surface area contributed by atoms with Gasteiger partial charge >= 0.3 is 6.03 Å². The molecule has 1 aliphatic heterocycles. The summed E-state index contributed by atoms with van der Waals surface area (Å²) in [4.78, 5) is 33.7. The first-order valence-electron chi connectivity index (χ1n) is 13.6. The largest absolute Gasteiger partial charge is 0.356 e. The molecule has 0 bridgehead atoms. The van der Waals surface area contributed by atoms with Gasteiger partial charge in [0.15, 0.2) is 0 Å². The molecule has 2 aromatic heterocycles. The van der Waals surface area contributed by atoms with Gasteiger partial charge in [-0.05, 0) is 94.4 Å². The fourth-order valence-electron chi connectivity index (χ4n) is 4.97. The molecule has 0 aliphatic carbocycles. The summed E-state index contributed by atoms with van der Waals surface area (Å²) in [7, 11) is 2.96. The Bertz CT molecular complexity index is 1640. The Morgan fingerprint density at radius 3 is 2.39 bits per heavy atom. The zero-order valence-electron chi connectivity index (χ0n) is 23.7. The Kier molecular flexibility index (Phi) is 7.77. The zero-order valence-corrected chi connectivity index (χ0v) is 23.7. The number of nitrogens with zero attached hydrogens (tertiary/aromatic N) is 5. The molecule has 2 aromatic carbocycles. The average molecular weight is 553 g/mol. The number of rotatable bonds is 5. The Morgan fingerprint density at radius 1 is 0.976 bits per heavy atom. The Labute approximate surface area is 239 Å². The monoisotopic (exact) mass is 552 g/mol. The van der Waals surface area contributed by atoms with E-state index in [0.717, 1.165) is 42.5 Å². The van der Waals surface area contributed by atoms with Crippen molar-refractivity contribution in [1.82, 2.24) is 19.6 Å². The molecule has 210 valence electrons. The van der Waals surface area contributed by atoms with Gasteiger partial charge < -0.3 is 10.2 Å². The molecule has 0 saturated carbocycles. The number of amides is 2. The molecule has 9 heteroatoms. The molecule has 41 heavy (non-hydrogen) atoms. The molecule has 0 atom stereocenters. The van der Waals surface area contributed by atoms with E-state index in [4.69, 9.17) is 0 Å². The number of aromatic nitrogens is 2. The zero-order chi connectivity index (χ0) is 29.1. The summed E-state index contributed by atoms with van der Waals surface area (Å²) in [6.07, 6.45) is 5.61. The highest BCUT2D eigenvalue weighted by molar-refractivity contribution is 6.04. The summed E-state index contributed by atoms with van der Waals surface area (Å²) in [5.41, 5.74) is 3.46. The van der Waals surface area contributed by atoms with Crippen LogP contribution >= 0.6 is 0 Å². The second-order valence-electron chi connectivity index (χ2n) is 10.7. The number of benzene rings is 2. The van der Waals surface area contributed by atoms with Crippen LogP contribution in [0.4, 0.5) is 26.5 Å². The number of fused-ring (bicyclic) bond motifs is 1. The lowest BCUT2D eigenvalue weighted by Crippen LogP contribution is -2.40. The maximum atomic E-state index is 13.4. The van der Waals surface area contributed by atoms with E-state index in [2.05, 4.69) is 40.9 Å². The van der Waals surface area contributed by atoms with E-state index in [1.54, 1.807) is 42.7 Å². The molecule has 8 nitrogen and oxygen atoms in total. The van der Waals surface area contributed by atoms with Crippen LogP contribution < -0.4 is 10.2 Å². The predicted molar refractivity (Wildman–Crippen MR) is 160 cm³/mol. The molecule has 1 N–H and O–H groups in total. The highest BCUT2D eigenvalue weighted by Gasteiger charge is 2.26. The van der Waals surface area contributed by atoms with Crippen LogP contribution in [0.1, 0.15) is 42.6 Å². The van der Waals surface area contributed by atoms with Crippen LogP contribution in [0.3, 0.4) is 0 Å². The van der Waals surface area contributed by atoms with Crippen LogP contribution in [0.5, 0.6) is 0 Å².